The number of pyridine rings is 1. The third kappa shape index (κ3) is 2.55. The molecule has 0 unspecified atom stereocenters. The Kier molecular flexibility index (Phi) is 3.48. The second-order valence-electron chi connectivity index (χ2n) is 4.27. The number of nitrogens with one attached hydrogen (secondary N) is 1. The number of thiophene rings is 1. The van der Waals surface area contributed by atoms with Crippen molar-refractivity contribution in [2.24, 2.45) is 0 Å². The molecule has 0 aliphatic carbocycles. The molecule has 0 bridgehead atoms. The molecule has 3 N–H and O–H groups in total. The number of amides is 1. The van der Waals surface area contributed by atoms with E-state index in [9.17, 15) is 9.18 Å². The van der Waals surface area contributed by atoms with Crippen molar-refractivity contribution in [2.75, 3.05) is 11.1 Å². The molecule has 3 aromatic rings. The van der Waals surface area contributed by atoms with Crippen LogP contribution < -0.4 is 11.1 Å². The van der Waals surface area contributed by atoms with E-state index in [0.717, 1.165) is 10.8 Å². The van der Waals surface area contributed by atoms with Crippen molar-refractivity contribution >= 4 is 50.4 Å². The Morgan fingerprint density at radius 3 is 2.95 bits per heavy atom. The van der Waals surface area contributed by atoms with Gasteiger partial charge in [0.15, 0.2) is 0 Å². The molecule has 4 nitrogen and oxygen atoms in total. The summed E-state index contributed by atoms with van der Waals surface area (Å²) in [5.74, 6) is -0.927. The van der Waals surface area contributed by atoms with Crippen molar-refractivity contribution < 1.29 is 9.18 Å². The van der Waals surface area contributed by atoms with Gasteiger partial charge < -0.3 is 11.1 Å². The third-order valence-corrected chi connectivity index (χ3v) is 4.35. The van der Waals surface area contributed by atoms with Gasteiger partial charge in [0.05, 0.1) is 21.1 Å². The molecular weight excluding hydrogens is 313 g/mol. The second kappa shape index (κ2) is 5.31. The lowest BCUT2D eigenvalue weighted by atomic mass is 10.3. The average Bonchev–Trinajstić information content (AvgIpc) is 2.81. The van der Waals surface area contributed by atoms with E-state index in [0.29, 0.717) is 16.1 Å². The normalized spacial score (nSPS) is 10.8. The number of carbonyl (C=O) groups excluding carboxylic acids is 1. The minimum absolute atomic E-state index is 0.200. The number of carbonyl (C=O) groups is 1. The van der Waals surface area contributed by atoms with E-state index in [-0.39, 0.29) is 10.7 Å². The Morgan fingerprint density at radius 2 is 2.19 bits per heavy atom. The molecule has 7 heteroatoms. The van der Waals surface area contributed by atoms with Gasteiger partial charge in [0.1, 0.15) is 16.2 Å². The number of nitrogens with zero attached hydrogens (tertiary/aromatic N) is 1. The first-order chi connectivity index (χ1) is 10.1. The number of anilines is 2. The molecule has 2 heterocycles. The first-order valence-electron chi connectivity index (χ1n) is 5.95. The first kappa shape index (κ1) is 13.8. The van der Waals surface area contributed by atoms with Gasteiger partial charge in [-0.2, -0.15) is 0 Å². The van der Waals surface area contributed by atoms with Crippen LogP contribution in [0.3, 0.4) is 0 Å². The number of nitrogen functional groups attached to an aromatic ring is 1. The maximum atomic E-state index is 13.2. The zero-order valence-electron chi connectivity index (χ0n) is 10.6. The second-order valence-corrected chi connectivity index (χ2v) is 5.73. The highest BCUT2D eigenvalue weighted by molar-refractivity contribution is 7.21. The van der Waals surface area contributed by atoms with Crippen molar-refractivity contribution in [3.63, 3.8) is 0 Å². The van der Waals surface area contributed by atoms with Crippen LogP contribution in [0.2, 0.25) is 5.02 Å². The van der Waals surface area contributed by atoms with E-state index >= 15 is 0 Å². The number of halogens is 2. The lowest BCUT2D eigenvalue weighted by Gasteiger charge is -2.06. The zero-order valence-corrected chi connectivity index (χ0v) is 12.1. The summed E-state index contributed by atoms with van der Waals surface area (Å²) in [6.45, 7) is 0. The number of benzene rings is 1. The van der Waals surface area contributed by atoms with E-state index in [1.54, 1.807) is 12.3 Å². The first-order valence-corrected chi connectivity index (χ1v) is 7.15. The molecule has 0 saturated heterocycles. The van der Waals surface area contributed by atoms with Crippen molar-refractivity contribution in [1.82, 2.24) is 4.98 Å². The highest BCUT2D eigenvalue weighted by atomic mass is 35.5. The van der Waals surface area contributed by atoms with Crippen LogP contribution in [0.4, 0.5) is 15.8 Å². The van der Waals surface area contributed by atoms with Gasteiger partial charge in [-0.05, 0) is 30.3 Å². The quantitative estimate of drug-likeness (QED) is 0.751. The van der Waals surface area contributed by atoms with Crippen LogP contribution in [0.5, 0.6) is 0 Å². The summed E-state index contributed by atoms with van der Waals surface area (Å²) in [4.78, 5) is 16.7. The van der Waals surface area contributed by atoms with Gasteiger partial charge in [-0.15, -0.1) is 11.3 Å². The Bertz CT molecular complexity index is 849. The molecule has 0 atom stereocenters. The molecule has 106 valence electrons. The summed E-state index contributed by atoms with van der Waals surface area (Å²) in [5.41, 5.74) is 7.03. The lowest BCUT2D eigenvalue weighted by Crippen LogP contribution is -2.12. The molecule has 0 fully saturated rings. The van der Waals surface area contributed by atoms with Gasteiger partial charge in [0, 0.05) is 6.20 Å². The van der Waals surface area contributed by atoms with E-state index in [4.69, 9.17) is 17.3 Å². The van der Waals surface area contributed by atoms with Gasteiger partial charge >= 0.3 is 0 Å². The highest BCUT2D eigenvalue weighted by Gasteiger charge is 2.18. The zero-order chi connectivity index (χ0) is 15.0. The van der Waals surface area contributed by atoms with Gasteiger partial charge in [-0.1, -0.05) is 11.6 Å². The number of nitrogens with two attached hydrogens (primary N) is 1. The molecule has 0 radical (unpaired) electrons. The molecule has 2 aromatic heterocycles. The van der Waals surface area contributed by atoms with Crippen LogP contribution in [0.1, 0.15) is 9.67 Å². The van der Waals surface area contributed by atoms with E-state index in [1.807, 2.05) is 6.07 Å². The van der Waals surface area contributed by atoms with Crippen LogP contribution in [-0.4, -0.2) is 10.9 Å². The highest BCUT2D eigenvalue weighted by Crippen LogP contribution is 2.33. The minimum atomic E-state index is -0.485. The SMILES string of the molecule is Nc1c(C(=O)Nc2cc(F)ccc2Cl)sc2cccnc12. The third-order valence-electron chi connectivity index (χ3n) is 2.87. The topological polar surface area (TPSA) is 68.0 Å². The molecule has 21 heavy (non-hydrogen) atoms. The molecule has 1 aromatic carbocycles. The summed E-state index contributed by atoms with van der Waals surface area (Å²) < 4.78 is 14.0. The van der Waals surface area contributed by atoms with Gasteiger partial charge in [-0.25, -0.2) is 4.39 Å². The Morgan fingerprint density at radius 1 is 1.38 bits per heavy atom. The fourth-order valence-electron chi connectivity index (χ4n) is 1.89. The standard InChI is InChI=1S/C14H9ClFN3OS/c15-8-4-3-7(16)6-9(8)19-14(20)13-11(17)12-10(21-13)2-1-5-18-12/h1-6H,17H2,(H,19,20). The van der Waals surface area contributed by atoms with E-state index in [1.165, 1.54) is 23.5 Å². The Hall–Kier alpha value is -2.18. The molecule has 1 amide bonds. The monoisotopic (exact) mass is 321 g/mol. The number of aromatic nitrogens is 1. The predicted octanol–water partition coefficient (Wildman–Crippen LogP) is 3.92. The fourth-order valence-corrected chi connectivity index (χ4v) is 3.03. The average molecular weight is 322 g/mol. The van der Waals surface area contributed by atoms with Crippen molar-refractivity contribution in [1.29, 1.82) is 0 Å². The molecule has 0 spiro atoms. The summed E-state index contributed by atoms with van der Waals surface area (Å²) in [5, 5.41) is 2.81. The van der Waals surface area contributed by atoms with Gasteiger partial charge in [-0.3, -0.25) is 9.78 Å². The molecule has 3 rings (SSSR count). The smallest absolute Gasteiger partial charge is 0.268 e. The largest absolute Gasteiger partial charge is 0.396 e. The number of rotatable bonds is 2. The van der Waals surface area contributed by atoms with Gasteiger partial charge in [0.25, 0.3) is 5.91 Å². The van der Waals surface area contributed by atoms with E-state index < -0.39 is 11.7 Å². The molecule has 0 saturated carbocycles. The molecule has 0 aliphatic rings. The van der Waals surface area contributed by atoms with Crippen molar-refractivity contribution in [3.05, 3.63) is 52.2 Å². The molecular formula is C14H9ClFN3OS. The van der Waals surface area contributed by atoms with Crippen molar-refractivity contribution in [3.8, 4) is 0 Å². The number of hydrogen-bond acceptors (Lipinski definition) is 4. The predicted molar refractivity (Wildman–Crippen MR) is 83.4 cm³/mol. The summed E-state index contributed by atoms with van der Waals surface area (Å²) >= 11 is 7.15. The molecule has 0 aliphatic heterocycles. The van der Waals surface area contributed by atoms with Crippen LogP contribution >= 0.6 is 22.9 Å². The van der Waals surface area contributed by atoms with Crippen LogP contribution in [0, 0.1) is 5.82 Å². The number of fused-ring (bicyclic) bond motifs is 1. The Balaban J connectivity index is 1.97. The van der Waals surface area contributed by atoms with Crippen LogP contribution in [-0.2, 0) is 0 Å². The fraction of sp³-hybridized carbons (Fsp3) is 0. The Labute approximate surface area is 128 Å². The number of hydrogen-bond donors (Lipinski definition) is 2. The maximum absolute atomic E-state index is 13.2. The minimum Gasteiger partial charge on any atom is -0.396 e. The van der Waals surface area contributed by atoms with Crippen LogP contribution in [0.25, 0.3) is 10.2 Å². The summed E-state index contributed by atoms with van der Waals surface area (Å²) in [7, 11) is 0. The lowest BCUT2D eigenvalue weighted by molar-refractivity contribution is 0.103. The maximum Gasteiger partial charge on any atom is 0.268 e. The van der Waals surface area contributed by atoms with Gasteiger partial charge in [0.2, 0.25) is 0 Å². The van der Waals surface area contributed by atoms with Crippen LogP contribution in [0.15, 0.2) is 36.5 Å². The summed E-state index contributed by atoms with van der Waals surface area (Å²) in [6, 6.07) is 7.35. The van der Waals surface area contributed by atoms with E-state index in [2.05, 4.69) is 10.3 Å². The van der Waals surface area contributed by atoms with Crippen molar-refractivity contribution in [2.45, 2.75) is 0 Å². The summed E-state index contributed by atoms with van der Waals surface area (Å²) in [6.07, 6.45) is 1.61.